The van der Waals surface area contributed by atoms with E-state index in [1.54, 1.807) is 42.6 Å². The monoisotopic (exact) mass is 545 g/mol. The molecule has 1 heterocycles. The maximum Gasteiger partial charge on any atom is 0.271 e. The van der Waals surface area contributed by atoms with Crippen LogP contribution in [0.15, 0.2) is 102 Å². The minimum absolute atomic E-state index is 0.279. The van der Waals surface area contributed by atoms with E-state index in [1.165, 1.54) is 4.90 Å². The SMILES string of the molecule is Cc1ccc(C(=O)N/N=C/C23c4ccccc4C(c4ccccc42)[C@H]2C(=O)N(c4ccccc4Cl)C(=O)[C@@H]23)cc1. The van der Waals surface area contributed by atoms with Gasteiger partial charge in [-0.25, -0.2) is 10.3 Å². The average molecular weight is 546 g/mol. The van der Waals surface area contributed by atoms with Crippen molar-refractivity contribution in [3.8, 4) is 0 Å². The third-order valence-electron chi connectivity index (χ3n) is 8.53. The lowest BCUT2D eigenvalue weighted by molar-refractivity contribution is -0.122. The second-order valence-corrected chi connectivity index (χ2v) is 11.0. The molecule has 0 spiro atoms. The molecule has 4 aromatic carbocycles. The van der Waals surface area contributed by atoms with Gasteiger partial charge in [-0.3, -0.25) is 14.4 Å². The molecule has 1 N–H and O–H groups in total. The maximum absolute atomic E-state index is 14.4. The zero-order valence-corrected chi connectivity index (χ0v) is 22.3. The summed E-state index contributed by atoms with van der Waals surface area (Å²) >= 11 is 6.50. The molecule has 2 atom stereocenters. The summed E-state index contributed by atoms with van der Waals surface area (Å²) < 4.78 is 0. The number of benzene rings is 4. The number of carbonyl (C=O) groups excluding carboxylic acids is 3. The molecule has 0 aromatic heterocycles. The van der Waals surface area contributed by atoms with Crippen LogP contribution < -0.4 is 10.3 Å². The molecular formula is C33H24ClN3O3. The van der Waals surface area contributed by atoms with Gasteiger partial charge in [0.15, 0.2) is 0 Å². The van der Waals surface area contributed by atoms with E-state index < -0.39 is 17.3 Å². The molecule has 1 fully saturated rings. The van der Waals surface area contributed by atoms with Crippen molar-refractivity contribution >= 4 is 41.2 Å². The molecule has 0 unspecified atom stereocenters. The van der Waals surface area contributed by atoms with Crippen molar-refractivity contribution in [1.29, 1.82) is 0 Å². The summed E-state index contributed by atoms with van der Waals surface area (Å²) in [6.45, 7) is 1.95. The fourth-order valence-corrected chi connectivity index (χ4v) is 7.10. The lowest BCUT2D eigenvalue weighted by atomic mass is 9.47. The van der Waals surface area contributed by atoms with Crippen LogP contribution in [0.2, 0.25) is 5.02 Å². The van der Waals surface area contributed by atoms with Crippen molar-refractivity contribution in [2.45, 2.75) is 18.3 Å². The molecule has 6 nitrogen and oxygen atoms in total. The topological polar surface area (TPSA) is 78.8 Å². The number of halogens is 1. The van der Waals surface area contributed by atoms with E-state index in [9.17, 15) is 14.4 Å². The van der Waals surface area contributed by atoms with Crippen LogP contribution in [0.5, 0.6) is 0 Å². The number of nitrogens with one attached hydrogen (secondary N) is 1. The number of anilines is 1. The summed E-state index contributed by atoms with van der Waals surface area (Å²) in [5.74, 6) is -2.66. The van der Waals surface area contributed by atoms with Crippen LogP contribution in [-0.2, 0) is 15.0 Å². The van der Waals surface area contributed by atoms with Crippen LogP contribution >= 0.6 is 11.6 Å². The van der Waals surface area contributed by atoms with Gasteiger partial charge in [-0.1, -0.05) is 90.0 Å². The summed E-state index contributed by atoms with van der Waals surface area (Å²) in [6.07, 6.45) is 1.66. The largest absolute Gasteiger partial charge is 0.274 e. The van der Waals surface area contributed by atoms with Gasteiger partial charge in [-0.15, -0.1) is 0 Å². The molecule has 0 saturated carbocycles. The van der Waals surface area contributed by atoms with Gasteiger partial charge in [0.2, 0.25) is 11.8 Å². The Morgan fingerprint density at radius 2 is 1.45 bits per heavy atom. The highest BCUT2D eigenvalue weighted by molar-refractivity contribution is 6.36. The molecular weight excluding hydrogens is 522 g/mol. The number of rotatable bonds is 4. The van der Waals surface area contributed by atoms with Crippen LogP contribution in [0, 0.1) is 18.8 Å². The number of hydrazone groups is 1. The van der Waals surface area contributed by atoms with Gasteiger partial charge in [0.25, 0.3) is 5.91 Å². The predicted molar refractivity (Wildman–Crippen MR) is 154 cm³/mol. The summed E-state index contributed by atoms with van der Waals surface area (Å²) in [5.41, 5.74) is 7.28. The van der Waals surface area contributed by atoms with Gasteiger partial charge in [0.05, 0.1) is 28.0 Å². The summed E-state index contributed by atoms with van der Waals surface area (Å²) in [4.78, 5) is 42.7. The Morgan fingerprint density at radius 3 is 2.10 bits per heavy atom. The lowest BCUT2D eigenvalue weighted by Crippen LogP contribution is -2.54. The summed E-state index contributed by atoms with van der Waals surface area (Å²) in [5, 5.41) is 4.79. The zero-order chi connectivity index (χ0) is 27.6. The van der Waals surface area contributed by atoms with Gasteiger partial charge < -0.3 is 0 Å². The Morgan fingerprint density at radius 1 is 0.850 bits per heavy atom. The molecule has 40 heavy (non-hydrogen) atoms. The highest BCUT2D eigenvalue weighted by atomic mass is 35.5. The minimum Gasteiger partial charge on any atom is -0.274 e. The highest BCUT2D eigenvalue weighted by Gasteiger charge is 2.68. The molecule has 196 valence electrons. The van der Waals surface area contributed by atoms with E-state index in [0.717, 1.165) is 27.8 Å². The second-order valence-electron chi connectivity index (χ2n) is 10.6. The Bertz CT molecular complexity index is 1700. The molecule has 2 bridgehead atoms. The normalized spacial score (nSPS) is 24.1. The van der Waals surface area contributed by atoms with Gasteiger partial charge in [0.1, 0.15) is 0 Å². The number of hydrogen-bond donors (Lipinski definition) is 1. The molecule has 4 aliphatic rings. The molecule has 3 amide bonds. The Balaban J connectivity index is 1.41. The van der Waals surface area contributed by atoms with Crippen molar-refractivity contribution in [3.05, 3.63) is 135 Å². The van der Waals surface area contributed by atoms with Crippen molar-refractivity contribution in [3.63, 3.8) is 0 Å². The first-order chi connectivity index (χ1) is 19.4. The van der Waals surface area contributed by atoms with Crippen LogP contribution in [0.3, 0.4) is 0 Å². The smallest absolute Gasteiger partial charge is 0.271 e. The first kappa shape index (κ1) is 24.5. The van der Waals surface area contributed by atoms with E-state index in [4.69, 9.17) is 11.6 Å². The third kappa shape index (κ3) is 3.29. The summed E-state index contributed by atoms with van der Waals surface area (Å²) in [7, 11) is 0. The van der Waals surface area contributed by atoms with Gasteiger partial charge >= 0.3 is 0 Å². The maximum atomic E-state index is 14.4. The lowest BCUT2D eigenvalue weighted by Gasteiger charge is -2.52. The number of nitrogens with zero attached hydrogens (tertiary/aromatic N) is 2. The van der Waals surface area contributed by atoms with E-state index in [2.05, 4.69) is 10.5 Å². The number of aryl methyl sites for hydroxylation is 1. The van der Waals surface area contributed by atoms with Gasteiger partial charge in [-0.05, 0) is 53.4 Å². The number of para-hydroxylation sites is 1. The molecule has 8 rings (SSSR count). The minimum atomic E-state index is -1.07. The molecule has 4 aromatic rings. The molecule has 0 radical (unpaired) electrons. The molecule has 7 heteroatoms. The fourth-order valence-electron chi connectivity index (χ4n) is 6.88. The molecule has 1 aliphatic heterocycles. The van der Waals surface area contributed by atoms with Crippen molar-refractivity contribution in [1.82, 2.24) is 5.43 Å². The second kappa shape index (κ2) is 9.00. The standard InChI is InChI=1S/C33H24ClN3O3/c1-19-14-16-20(17-15-19)30(38)36-35-18-33-23-10-4-2-8-21(23)27(22-9-3-5-11-24(22)33)28-29(33)32(40)37(31(28)39)26-13-7-6-12-25(26)34/h2-18,27-29H,1H3,(H,36,38)/b35-18+/t27?,28-,29-,33?/m1/s1. The van der Waals surface area contributed by atoms with E-state index >= 15 is 0 Å². The van der Waals surface area contributed by atoms with Gasteiger partial charge in [0, 0.05) is 17.7 Å². The van der Waals surface area contributed by atoms with E-state index in [1.807, 2.05) is 67.6 Å². The molecule has 1 saturated heterocycles. The quantitative estimate of drug-likeness (QED) is 0.205. The van der Waals surface area contributed by atoms with Crippen molar-refractivity contribution in [2.24, 2.45) is 16.9 Å². The first-order valence-corrected chi connectivity index (χ1v) is 13.5. The van der Waals surface area contributed by atoms with Crippen molar-refractivity contribution in [2.75, 3.05) is 4.90 Å². The zero-order valence-electron chi connectivity index (χ0n) is 21.5. The van der Waals surface area contributed by atoms with E-state index in [-0.39, 0.29) is 23.6 Å². The van der Waals surface area contributed by atoms with Crippen LogP contribution in [0.25, 0.3) is 0 Å². The Kier molecular flexibility index (Phi) is 5.51. The van der Waals surface area contributed by atoms with Gasteiger partial charge in [-0.2, -0.15) is 5.10 Å². The number of carbonyl (C=O) groups is 3. The average Bonchev–Trinajstić information content (AvgIpc) is 3.24. The Hall–Kier alpha value is -4.55. The predicted octanol–water partition coefficient (Wildman–Crippen LogP) is 5.62. The number of hydrogen-bond acceptors (Lipinski definition) is 4. The van der Waals surface area contributed by atoms with Crippen LogP contribution in [0.1, 0.15) is 44.1 Å². The fraction of sp³-hybridized carbons (Fsp3) is 0.152. The highest BCUT2D eigenvalue weighted by Crippen LogP contribution is 2.63. The first-order valence-electron chi connectivity index (χ1n) is 13.2. The van der Waals surface area contributed by atoms with Crippen molar-refractivity contribution < 1.29 is 14.4 Å². The Labute approximate surface area is 236 Å². The number of amides is 3. The summed E-state index contributed by atoms with van der Waals surface area (Å²) in [6, 6.07) is 29.9. The molecule has 3 aliphatic carbocycles. The van der Waals surface area contributed by atoms with Crippen LogP contribution in [-0.4, -0.2) is 23.9 Å². The number of imide groups is 1. The third-order valence-corrected chi connectivity index (χ3v) is 8.84. The van der Waals surface area contributed by atoms with Crippen LogP contribution in [0.4, 0.5) is 5.69 Å². The van der Waals surface area contributed by atoms with E-state index in [0.29, 0.717) is 16.3 Å².